The molecule has 0 aromatic rings. The minimum absolute atomic E-state index is 0.0539. The standard InChI is InChI=1S/C10H17NO/c1-5-6-9(12)11-8-7-10(2,3)4/h1H,6-8H2,2-4H3,(H,11,12). The third-order valence-electron chi connectivity index (χ3n) is 1.46. The predicted octanol–water partition coefficient (Wildman–Crippen LogP) is 1.56. The molecule has 12 heavy (non-hydrogen) atoms. The van der Waals surface area contributed by atoms with Gasteiger partial charge in [0.25, 0.3) is 0 Å². The van der Waals surface area contributed by atoms with Gasteiger partial charge in [0.1, 0.15) is 0 Å². The number of carbonyl (C=O) groups is 1. The molecule has 0 aromatic heterocycles. The predicted molar refractivity (Wildman–Crippen MR) is 50.5 cm³/mol. The minimum atomic E-state index is -0.0539. The van der Waals surface area contributed by atoms with Crippen LogP contribution in [0, 0.1) is 17.8 Å². The van der Waals surface area contributed by atoms with Gasteiger partial charge in [-0.05, 0) is 11.8 Å². The van der Waals surface area contributed by atoms with Crippen LogP contribution in [0.4, 0.5) is 0 Å². The van der Waals surface area contributed by atoms with Crippen molar-refractivity contribution in [1.29, 1.82) is 0 Å². The Morgan fingerprint density at radius 2 is 2.08 bits per heavy atom. The lowest BCUT2D eigenvalue weighted by Crippen LogP contribution is -2.26. The highest BCUT2D eigenvalue weighted by Gasteiger charge is 2.09. The van der Waals surface area contributed by atoms with Crippen LogP contribution in [0.2, 0.25) is 0 Å². The molecule has 0 aliphatic heterocycles. The van der Waals surface area contributed by atoms with Gasteiger partial charge in [0.2, 0.25) is 5.91 Å². The topological polar surface area (TPSA) is 29.1 Å². The molecule has 0 saturated heterocycles. The van der Waals surface area contributed by atoms with E-state index >= 15 is 0 Å². The Kier molecular flexibility index (Phi) is 4.43. The summed E-state index contributed by atoms with van der Waals surface area (Å²) in [6.45, 7) is 7.13. The molecule has 0 fully saturated rings. The lowest BCUT2D eigenvalue weighted by Gasteiger charge is -2.17. The summed E-state index contributed by atoms with van der Waals surface area (Å²) in [6.07, 6.45) is 6.14. The van der Waals surface area contributed by atoms with Crippen molar-refractivity contribution in [1.82, 2.24) is 5.32 Å². The van der Waals surface area contributed by atoms with Crippen LogP contribution in [0.3, 0.4) is 0 Å². The first-order valence-corrected chi connectivity index (χ1v) is 4.16. The molecular formula is C10H17NO. The van der Waals surface area contributed by atoms with Crippen LogP contribution in [-0.2, 0) is 4.79 Å². The van der Waals surface area contributed by atoms with Gasteiger partial charge in [0.15, 0.2) is 0 Å². The van der Waals surface area contributed by atoms with Gasteiger partial charge in [0.05, 0.1) is 6.42 Å². The molecule has 0 spiro atoms. The Morgan fingerprint density at radius 1 is 1.50 bits per heavy atom. The second-order valence-electron chi connectivity index (χ2n) is 4.04. The molecule has 0 aliphatic carbocycles. The van der Waals surface area contributed by atoms with Crippen LogP contribution in [0.5, 0.6) is 0 Å². The zero-order valence-corrected chi connectivity index (χ0v) is 8.11. The zero-order chi connectivity index (χ0) is 9.61. The lowest BCUT2D eigenvalue weighted by atomic mass is 9.92. The maximum atomic E-state index is 10.9. The molecule has 2 heteroatoms. The molecule has 0 rings (SSSR count). The number of hydrogen-bond donors (Lipinski definition) is 1. The molecule has 0 atom stereocenters. The van der Waals surface area contributed by atoms with Gasteiger partial charge in [-0.2, -0.15) is 0 Å². The average molecular weight is 167 g/mol. The second-order valence-corrected chi connectivity index (χ2v) is 4.04. The average Bonchev–Trinajstić information content (AvgIpc) is 1.84. The van der Waals surface area contributed by atoms with Crippen molar-refractivity contribution in [3.05, 3.63) is 0 Å². The monoisotopic (exact) mass is 167 g/mol. The first kappa shape index (κ1) is 11.0. The Morgan fingerprint density at radius 3 is 2.50 bits per heavy atom. The van der Waals surface area contributed by atoms with Gasteiger partial charge < -0.3 is 5.32 Å². The molecule has 0 radical (unpaired) electrons. The van der Waals surface area contributed by atoms with Crippen molar-refractivity contribution < 1.29 is 4.79 Å². The van der Waals surface area contributed by atoms with E-state index in [-0.39, 0.29) is 17.7 Å². The van der Waals surface area contributed by atoms with E-state index in [4.69, 9.17) is 6.42 Å². The van der Waals surface area contributed by atoms with Gasteiger partial charge in [-0.25, -0.2) is 0 Å². The number of rotatable bonds is 3. The van der Waals surface area contributed by atoms with Gasteiger partial charge in [-0.1, -0.05) is 26.7 Å². The first-order chi connectivity index (χ1) is 5.45. The van der Waals surface area contributed by atoms with Gasteiger partial charge in [-0.15, -0.1) is 6.42 Å². The summed E-state index contributed by atoms with van der Waals surface area (Å²) in [5.41, 5.74) is 0.267. The van der Waals surface area contributed by atoms with E-state index in [0.29, 0.717) is 6.54 Å². The third-order valence-corrected chi connectivity index (χ3v) is 1.46. The van der Waals surface area contributed by atoms with Crippen LogP contribution in [0.1, 0.15) is 33.6 Å². The highest BCUT2D eigenvalue weighted by molar-refractivity contribution is 5.78. The normalized spacial score (nSPS) is 10.5. The Bertz CT molecular complexity index is 183. The molecule has 68 valence electrons. The van der Waals surface area contributed by atoms with E-state index in [1.807, 2.05) is 0 Å². The Labute approximate surface area is 74.7 Å². The number of hydrogen-bond acceptors (Lipinski definition) is 1. The minimum Gasteiger partial charge on any atom is -0.355 e. The molecule has 1 amide bonds. The fourth-order valence-corrected chi connectivity index (χ4v) is 0.732. The summed E-state index contributed by atoms with van der Waals surface area (Å²) in [4.78, 5) is 10.9. The van der Waals surface area contributed by atoms with Crippen molar-refractivity contribution in [2.75, 3.05) is 6.54 Å². The van der Waals surface area contributed by atoms with Crippen LogP contribution in [0.15, 0.2) is 0 Å². The highest BCUT2D eigenvalue weighted by atomic mass is 16.1. The molecular weight excluding hydrogens is 150 g/mol. The maximum absolute atomic E-state index is 10.9. The van der Waals surface area contributed by atoms with Crippen LogP contribution in [-0.4, -0.2) is 12.5 Å². The Balaban J connectivity index is 3.45. The van der Waals surface area contributed by atoms with Crippen LogP contribution in [0.25, 0.3) is 0 Å². The summed E-state index contributed by atoms with van der Waals surface area (Å²) in [5, 5.41) is 2.76. The van der Waals surface area contributed by atoms with Crippen molar-refractivity contribution >= 4 is 5.91 Å². The van der Waals surface area contributed by atoms with Crippen LogP contribution < -0.4 is 5.32 Å². The summed E-state index contributed by atoms with van der Waals surface area (Å²) in [6, 6.07) is 0. The first-order valence-electron chi connectivity index (χ1n) is 4.16. The van der Waals surface area contributed by atoms with E-state index in [0.717, 1.165) is 6.42 Å². The number of carbonyl (C=O) groups excluding carboxylic acids is 1. The zero-order valence-electron chi connectivity index (χ0n) is 8.11. The lowest BCUT2D eigenvalue weighted by molar-refractivity contribution is -0.120. The summed E-state index contributed by atoms with van der Waals surface area (Å²) in [5.74, 6) is 2.25. The number of amides is 1. The Hall–Kier alpha value is -0.970. The smallest absolute Gasteiger partial charge is 0.232 e. The van der Waals surface area contributed by atoms with E-state index in [2.05, 4.69) is 32.0 Å². The number of nitrogens with one attached hydrogen (secondary N) is 1. The fraction of sp³-hybridized carbons (Fsp3) is 0.700. The quantitative estimate of drug-likeness (QED) is 0.635. The molecule has 0 unspecified atom stereocenters. The third kappa shape index (κ3) is 7.14. The van der Waals surface area contributed by atoms with E-state index in [9.17, 15) is 4.79 Å². The molecule has 0 saturated carbocycles. The summed E-state index contributed by atoms with van der Waals surface area (Å²) in [7, 11) is 0. The summed E-state index contributed by atoms with van der Waals surface area (Å²) >= 11 is 0. The van der Waals surface area contributed by atoms with Gasteiger partial charge in [-0.3, -0.25) is 4.79 Å². The van der Waals surface area contributed by atoms with Gasteiger partial charge in [0, 0.05) is 6.54 Å². The van der Waals surface area contributed by atoms with Gasteiger partial charge >= 0.3 is 0 Å². The molecule has 0 heterocycles. The molecule has 0 aromatic carbocycles. The molecule has 0 bridgehead atoms. The van der Waals surface area contributed by atoms with Crippen LogP contribution >= 0.6 is 0 Å². The van der Waals surface area contributed by atoms with Crippen molar-refractivity contribution in [2.24, 2.45) is 5.41 Å². The molecule has 0 aliphatic rings. The van der Waals surface area contributed by atoms with Crippen molar-refractivity contribution in [3.63, 3.8) is 0 Å². The number of terminal acetylenes is 1. The molecule has 2 nitrogen and oxygen atoms in total. The van der Waals surface area contributed by atoms with E-state index < -0.39 is 0 Å². The fourth-order valence-electron chi connectivity index (χ4n) is 0.732. The van der Waals surface area contributed by atoms with Crippen molar-refractivity contribution in [2.45, 2.75) is 33.6 Å². The molecule has 1 N–H and O–H groups in total. The van der Waals surface area contributed by atoms with Crippen molar-refractivity contribution in [3.8, 4) is 12.3 Å². The summed E-state index contributed by atoms with van der Waals surface area (Å²) < 4.78 is 0. The second kappa shape index (κ2) is 4.82. The largest absolute Gasteiger partial charge is 0.355 e. The maximum Gasteiger partial charge on any atom is 0.232 e. The van der Waals surface area contributed by atoms with E-state index in [1.165, 1.54) is 0 Å². The van der Waals surface area contributed by atoms with E-state index in [1.54, 1.807) is 0 Å². The SMILES string of the molecule is C#CCC(=O)NCCC(C)(C)C. The highest BCUT2D eigenvalue weighted by Crippen LogP contribution is 2.16.